The number of pyridine rings is 1. The van der Waals surface area contributed by atoms with Gasteiger partial charge in [0.2, 0.25) is 0 Å². The van der Waals surface area contributed by atoms with Gasteiger partial charge in [0.05, 0.1) is 6.61 Å². The van der Waals surface area contributed by atoms with Crippen LogP contribution in [0.15, 0.2) is 24.5 Å². The molecule has 1 N–H and O–H groups in total. The molecular formula is C14H24N4O2. The van der Waals surface area contributed by atoms with Crippen molar-refractivity contribution >= 4 is 6.03 Å². The lowest BCUT2D eigenvalue weighted by Crippen LogP contribution is -2.43. The molecule has 0 radical (unpaired) electrons. The molecule has 20 heavy (non-hydrogen) atoms. The summed E-state index contributed by atoms with van der Waals surface area (Å²) in [6, 6.07) is 3.77. The molecule has 0 aromatic carbocycles. The highest BCUT2D eigenvalue weighted by molar-refractivity contribution is 5.74. The fraction of sp³-hybridized carbons (Fsp3) is 0.571. The molecule has 1 aromatic rings. The highest BCUT2D eigenvalue weighted by Gasteiger charge is 2.13. The number of aromatic nitrogens is 1. The molecule has 0 spiro atoms. The Balaban J connectivity index is 2.57. The van der Waals surface area contributed by atoms with Crippen LogP contribution in [0.25, 0.3) is 0 Å². The number of carbonyl (C=O) groups excluding carboxylic acids is 1. The average molecular weight is 280 g/mol. The van der Waals surface area contributed by atoms with Gasteiger partial charge in [-0.05, 0) is 25.7 Å². The molecule has 0 unspecified atom stereocenters. The summed E-state index contributed by atoms with van der Waals surface area (Å²) in [6.45, 7) is 3.07. The summed E-state index contributed by atoms with van der Waals surface area (Å²) in [4.78, 5) is 20.1. The Hall–Kier alpha value is -1.66. The molecule has 112 valence electrons. The minimum atomic E-state index is -0.0762. The van der Waals surface area contributed by atoms with Gasteiger partial charge >= 0.3 is 6.03 Å². The van der Waals surface area contributed by atoms with Gasteiger partial charge < -0.3 is 19.9 Å². The zero-order valence-corrected chi connectivity index (χ0v) is 12.5. The number of nitrogens with one attached hydrogen (secondary N) is 1. The third-order valence-corrected chi connectivity index (χ3v) is 2.78. The molecule has 0 fully saturated rings. The van der Waals surface area contributed by atoms with Crippen LogP contribution in [-0.4, -0.2) is 68.3 Å². The van der Waals surface area contributed by atoms with E-state index in [0.29, 0.717) is 26.2 Å². The van der Waals surface area contributed by atoms with Gasteiger partial charge in [-0.25, -0.2) is 4.79 Å². The summed E-state index contributed by atoms with van der Waals surface area (Å²) in [5, 5.41) is 2.85. The van der Waals surface area contributed by atoms with Crippen LogP contribution in [0.4, 0.5) is 4.79 Å². The Morgan fingerprint density at radius 1 is 1.40 bits per heavy atom. The zero-order chi connectivity index (χ0) is 14.8. The van der Waals surface area contributed by atoms with E-state index in [1.54, 1.807) is 24.4 Å². The molecule has 0 aliphatic carbocycles. The van der Waals surface area contributed by atoms with Crippen LogP contribution in [0, 0.1) is 0 Å². The van der Waals surface area contributed by atoms with E-state index in [2.05, 4.69) is 15.2 Å². The Bertz CT molecular complexity index is 384. The van der Waals surface area contributed by atoms with E-state index in [0.717, 1.165) is 12.1 Å². The second-order valence-corrected chi connectivity index (χ2v) is 4.81. The van der Waals surface area contributed by atoms with Crippen molar-refractivity contribution in [1.82, 2.24) is 20.1 Å². The van der Waals surface area contributed by atoms with Gasteiger partial charge in [0.15, 0.2) is 0 Å². The number of nitrogens with zero attached hydrogens (tertiary/aromatic N) is 3. The zero-order valence-electron chi connectivity index (χ0n) is 12.5. The third kappa shape index (κ3) is 6.49. The quantitative estimate of drug-likeness (QED) is 0.716. The molecular weight excluding hydrogens is 256 g/mol. The standard InChI is InChI=1S/C14H24N4O2/c1-17(2)8-9-18(14(19)16-7-10-20-3)12-13-5-4-6-15-11-13/h4-6,11H,7-10,12H2,1-3H3,(H,16,19). The van der Waals surface area contributed by atoms with Crippen molar-refractivity contribution in [2.45, 2.75) is 6.54 Å². The van der Waals surface area contributed by atoms with Gasteiger partial charge in [-0.15, -0.1) is 0 Å². The van der Waals surface area contributed by atoms with Gasteiger partial charge in [0.25, 0.3) is 0 Å². The lowest BCUT2D eigenvalue weighted by Gasteiger charge is -2.24. The summed E-state index contributed by atoms with van der Waals surface area (Å²) in [6.07, 6.45) is 3.51. The average Bonchev–Trinajstić information content (AvgIpc) is 2.44. The molecule has 0 saturated carbocycles. The number of hydrogen-bond donors (Lipinski definition) is 1. The first kappa shape index (κ1) is 16.4. The van der Waals surface area contributed by atoms with Gasteiger partial charge in [-0.3, -0.25) is 4.98 Å². The second kappa shape index (κ2) is 9.28. The predicted octanol–water partition coefficient (Wildman–Crippen LogP) is 0.801. The minimum absolute atomic E-state index is 0.0762. The summed E-state index contributed by atoms with van der Waals surface area (Å²) in [5.74, 6) is 0. The van der Waals surface area contributed by atoms with E-state index in [1.807, 2.05) is 26.2 Å². The van der Waals surface area contributed by atoms with Gasteiger partial charge in [0, 0.05) is 45.7 Å². The number of amides is 2. The molecule has 2 amide bonds. The lowest BCUT2D eigenvalue weighted by molar-refractivity contribution is 0.174. The first-order valence-corrected chi connectivity index (χ1v) is 6.69. The highest BCUT2D eigenvalue weighted by atomic mass is 16.5. The van der Waals surface area contributed by atoms with Crippen molar-refractivity contribution in [2.75, 3.05) is 47.4 Å². The molecule has 0 aliphatic heterocycles. The fourth-order valence-corrected chi connectivity index (χ4v) is 1.66. The second-order valence-electron chi connectivity index (χ2n) is 4.81. The summed E-state index contributed by atoms with van der Waals surface area (Å²) in [7, 11) is 5.60. The van der Waals surface area contributed by atoms with Crippen molar-refractivity contribution in [2.24, 2.45) is 0 Å². The number of rotatable bonds is 8. The third-order valence-electron chi connectivity index (χ3n) is 2.78. The Morgan fingerprint density at radius 3 is 2.80 bits per heavy atom. The molecule has 1 rings (SSSR count). The smallest absolute Gasteiger partial charge is 0.317 e. The maximum absolute atomic E-state index is 12.2. The Kier molecular flexibility index (Phi) is 7.60. The van der Waals surface area contributed by atoms with Gasteiger partial charge in [0.1, 0.15) is 0 Å². The van der Waals surface area contributed by atoms with Gasteiger partial charge in [-0.2, -0.15) is 0 Å². The number of urea groups is 1. The van der Waals surface area contributed by atoms with E-state index >= 15 is 0 Å². The van der Waals surface area contributed by atoms with Crippen LogP contribution in [0.2, 0.25) is 0 Å². The molecule has 0 bridgehead atoms. The van der Waals surface area contributed by atoms with E-state index < -0.39 is 0 Å². The molecule has 0 atom stereocenters. The summed E-state index contributed by atoms with van der Waals surface area (Å²) >= 11 is 0. The number of carbonyl (C=O) groups is 1. The summed E-state index contributed by atoms with van der Waals surface area (Å²) < 4.78 is 4.94. The monoisotopic (exact) mass is 280 g/mol. The molecule has 1 heterocycles. The van der Waals surface area contributed by atoms with E-state index in [9.17, 15) is 4.79 Å². The van der Waals surface area contributed by atoms with Gasteiger partial charge in [-0.1, -0.05) is 6.07 Å². The van der Waals surface area contributed by atoms with Crippen LogP contribution in [0.5, 0.6) is 0 Å². The van der Waals surface area contributed by atoms with Crippen LogP contribution >= 0.6 is 0 Å². The SMILES string of the molecule is COCCNC(=O)N(CCN(C)C)Cc1cccnc1. The first-order chi connectivity index (χ1) is 9.63. The molecule has 0 saturated heterocycles. The van der Waals surface area contributed by atoms with Crippen molar-refractivity contribution in [3.8, 4) is 0 Å². The van der Waals surface area contributed by atoms with E-state index in [4.69, 9.17) is 4.74 Å². The van der Waals surface area contributed by atoms with Crippen LogP contribution in [0.3, 0.4) is 0 Å². The van der Waals surface area contributed by atoms with Crippen molar-refractivity contribution in [1.29, 1.82) is 0 Å². The normalized spacial score (nSPS) is 10.6. The molecule has 6 heteroatoms. The highest BCUT2D eigenvalue weighted by Crippen LogP contribution is 2.03. The van der Waals surface area contributed by atoms with Crippen LogP contribution in [-0.2, 0) is 11.3 Å². The van der Waals surface area contributed by atoms with E-state index in [-0.39, 0.29) is 6.03 Å². The van der Waals surface area contributed by atoms with Crippen LogP contribution in [0.1, 0.15) is 5.56 Å². The maximum atomic E-state index is 12.2. The van der Waals surface area contributed by atoms with Crippen molar-refractivity contribution in [3.63, 3.8) is 0 Å². The Morgan fingerprint density at radius 2 is 2.20 bits per heavy atom. The van der Waals surface area contributed by atoms with E-state index in [1.165, 1.54) is 0 Å². The lowest BCUT2D eigenvalue weighted by atomic mass is 10.2. The van der Waals surface area contributed by atoms with Crippen LogP contribution < -0.4 is 5.32 Å². The van der Waals surface area contributed by atoms with Crippen molar-refractivity contribution < 1.29 is 9.53 Å². The largest absolute Gasteiger partial charge is 0.383 e. The number of ether oxygens (including phenoxy) is 1. The maximum Gasteiger partial charge on any atom is 0.317 e. The molecule has 6 nitrogen and oxygen atoms in total. The summed E-state index contributed by atoms with van der Waals surface area (Å²) in [5.41, 5.74) is 1.02. The number of hydrogen-bond acceptors (Lipinski definition) is 4. The Labute approximate surface area is 120 Å². The number of likely N-dealkylation sites (N-methyl/N-ethyl adjacent to an activating group) is 1. The number of methoxy groups -OCH3 is 1. The minimum Gasteiger partial charge on any atom is -0.383 e. The predicted molar refractivity (Wildman–Crippen MR) is 78.5 cm³/mol. The first-order valence-electron chi connectivity index (χ1n) is 6.69. The molecule has 1 aromatic heterocycles. The molecule has 0 aliphatic rings. The topological polar surface area (TPSA) is 57.7 Å². The fourth-order valence-electron chi connectivity index (χ4n) is 1.66. The van der Waals surface area contributed by atoms with Crippen molar-refractivity contribution in [3.05, 3.63) is 30.1 Å².